The number of methoxy groups -OCH3 is 2. The van der Waals surface area contributed by atoms with E-state index in [0.29, 0.717) is 16.4 Å². The minimum atomic E-state index is -0.908. The van der Waals surface area contributed by atoms with Crippen LogP contribution < -0.4 is 9.47 Å². The minimum Gasteiger partial charge on any atom is -0.497 e. The number of rotatable bonds is 4. The van der Waals surface area contributed by atoms with Crippen molar-refractivity contribution in [2.45, 2.75) is 6.92 Å². The first kappa shape index (κ1) is 13.4. The minimum absolute atomic E-state index is 0.328. The van der Waals surface area contributed by atoms with Gasteiger partial charge in [0.25, 0.3) is 0 Å². The molecule has 2 rings (SSSR count). The maximum atomic E-state index is 11.0. The molecular weight excluding hydrogens is 264 g/mol. The van der Waals surface area contributed by atoms with Crippen molar-refractivity contribution < 1.29 is 19.4 Å². The molecule has 0 aliphatic heterocycles. The number of carboxylic acids is 1. The Morgan fingerprint density at radius 2 is 1.68 bits per heavy atom. The van der Waals surface area contributed by atoms with E-state index in [1.54, 1.807) is 26.4 Å². The lowest BCUT2D eigenvalue weighted by molar-refractivity contribution is 0.0702. The second-order valence-corrected chi connectivity index (χ2v) is 5.08. The highest BCUT2D eigenvalue weighted by Crippen LogP contribution is 2.36. The average Bonchev–Trinajstić information content (AvgIpc) is 2.80. The zero-order chi connectivity index (χ0) is 14.0. The lowest BCUT2D eigenvalue weighted by Crippen LogP contribution is -1.89. The van der Waals surface area contributed by atoms with Crippen molar-refractivity contribution in [2.75, 3.05) is 14.2 Å². The summed E-state index contributed by atoms with van der Waals surface area (Å²) in [6, 6.07) is 7.19. The van der Waals surface area contributed by atoms with Gasteiger partial charge >= 0.3 is 5.97 Å². The van der Waals surface area contributed by atoms with E-state index in [4.69, 9.17) is 14.6 Å². The number of ether oxygens (including phenoxy) is 2. The Bertz CT molecular complexity index is 594. The third kappa shape index (κ3) is 2.71. The van der Waals surface area contributed by atoms with Crippen LogP contribution >= 0.6 is 11.3 Å². The van der Waals surface area contributed by atoms with E-state index in [2.05, 4.69) is 0 Å². The Balaban J connectivity index is 2.54. The monoisotopic (exact) mass is 278 g/mol. The van der Waals surface area contributed by atoms with Crippen LogP contribution in [-0.2, 0) is 0 Å². The van der Waals surface area contributed by atoms with Crippen molar-refractivity contribution in [2.24, 2.45) is 0 Å². The second-order valence-electron chi connectivity index (χ2n) is 4.03. The molecule has 2 aromatic rings. The summed E-state index contributed by atoms with van der Waals surface area (Å²) in [4.78, 5) is 12.2. The van der Waals surface area contributed by atoms with Crippen molar-refractivity contribution in [3.05, 3.63) is 34.7 Å². The Kier molecular flexibility index (Phi) is 3.76. The van der Waals surface area contributed by atoms with E-state index >= 15 is 0 Å². The molecule has 19 heavy (non-hydrogen) atoms. The van der Waals surface area contributed by atoms with E-state index in [-0.39, 0.29) is 0 Å². The average molecular weight is 278 g/mol. The topological polar surface area (TPSA) is 55.8 Å². The summed E-state index contributed by atoms with van der Waals surface area (Å²) >= 11 is 1.25. The fraction of sp³-hybridized carbons (Fsp3) is 0.214. The Hall–Kier alpha value is -2.01. The summed E-state index contributed by atoms with van der Waals surface area (Å²) in [6.45, 7) is 1.89. The molecular formula is C14H14O4S. The lowest BCUT2D eigenvalue weighted by Gasteiger charge is -2.08. The van der Waals surface area contributed by atoms with Gasteiger partial charge in [0, 0.05) is 10.9 Å². The summed E-state index contributed by atoms with van der Waals surface area (Å²) in [5, 5.41) is 9.03. The number of aryl methyl sites for hydroxylation is 1. The van der Waals surface area contributed by atoms with Gasteiger partial charge in [-0.25, -0.2) is 4.79 Å². The molecule has 5 heteroatoms. The number of aromatic carboxylic acids is 1. The van der Waals surface area contributed by atoms with Crippen molar-refractivity contribution in [1.82, 2.24) is 0 Å². The number of carbonyl (C=O) groups is 1. The van der Waals surface area contributed by atoms with Crippen LogP contribution in [0.4, 0.5) is 0 Å². The molecule has 0 aliphatic carbocycles. The van der Waals surface area contributed by atoms with Gasteiger partial charge in [-0.1, -0.05) is 0 Å². The Morgan fingerprint density at radius 1 is 1.11 bits per heavy atom. The van der Waals surface area contributed by atoms with E-state index in [1.165, 1.54) is 11.3 Å². The van der Waals surface area contributed by atoms with Crippen molar-refractivity contribution in [3.63, 3.8) is 0 Å². The van der Waals surface area contributed by atoms with Gasteiger partial charge in [0.1, 0.15) is 16.4 Å². The van der Waals surface area contributed by atoms with Crippen LogP contribution in [0.25, 0.3) is 10.4 Å². The molecule has 0 fully saturated rings. The van der Waals surface area contributed by atoms with Crippen LogP contribution in [0.5, 0.6) is 11.5 Å². The van der Waals surface area contributed by atoms with Crippen molar-refractivity contribution in [1.29, 1.82) is 0 Å². The Labute approximate surface area is 115 Å². The highest BCUT2D eigenvalue weighted by molar-refractivity contribution is 7.17. The maximum absolute atomic E-state index is 11.0. The molecule has 1 heterocycles. The molecule has 0 saturated carbocycles. The molecule has 1 N–H and O–H groups in total. The van der Waals surface area contributed by atoms with Gasteiger partial charge in [0.2, 0.25) is 0 Å². The summed E-state index contributed by atoms with van der Waals surface area (Å²) in [7, 11) is 3.17. The second kappa shape index (κ2) is 5.32. The van der Waals surface area contributed by atoms with Gasteiger partial charge in [-0.15, -0.1) is 11.3 Å². The predicted molar refractivity (Wildman–Crippen MR) is 74.6 cm³/mol. The zero-order valence-corrected chi connectivity index (χ0v) is 11.7. The number of carboxylic acid groups (broad SMARTS) is 1. The van der Waals surface area contributed by atoms with Gasteiger partial charge < -0.3 is 14.6 Å². The number of hydrogen-bond acceptors (Lipinski definition) is 4. The molecule has 0 amide bonds. The quantitative estimate of drug-likeness (QED) is 0.930. The Morgan fingerprint density at radius 3 is 2.11 bits per heavy atom. The van der Waals surface area contributed by atoms with E-state index in [1.807, 2.05) is 19.1 Å². The molecule has 0 saturated heterocycles. The van der Waals surface area contributed by atoms with Gasteiger partial charge in [0.15, 0.2) is 0 Å². The van der Waals surface area contributed by atoms with Crippen LogP contribution in [0.3, 0.4) is 0 Å². The summed E-state index contributed by atoms with van der Waals surface area (Å²) < 4.78 is 10.4. The van der Waals surface area contributed by atoms with Gasteiger partial charge in [0.05, 0.1) is 14.2 Å². The molecule has 0 atom stereocenters. The maximum Gasteiger partial charge on any atom is 0.345 e. The molecule has 4 nitrogen and oxygen atoms in total. The molecule has 0 spiro atoms. The van der Waals surface area contributed by atoms with Crippen LogP contribution in [0.1, 0.15) is 15.2 Å². The molecule has 0 radical (unpaired) electrons. The fourth-order valence-corrected chi connectivity index (χ4v) is 2.81. The van der Waals surface area contributed by atoms with Crippen molar-refractivity contribution in [3.8, 4) is 21.9 Å². The highest BCUT2D eigenvalue weighted by Gasteiger charge is 2.14. The van der Waals surface area contributed by atoms with E-state index in [9.17, 15) is 4.79 Å². The largest absolute Gasteiger partial charge is 0.497 e. The first-order chi connectivity index (χ1) is 9.05. The van der Waals surface area contributed by atoms with Gasteiger partial charge in [-0.3, -0.25) is 0 Å². The smallest absolute Gasteiger partial charge is 0.345 e. The molecule has 0 aliphatic rings. The first-order valence-corrected chi connectivity index (χ1v) is 6.44. The number of benzene rings is 1. The van der Waals surface area contributed by atoms with Gasteiger partial charge in [-0.05, 0) is 36.2 Å². The molecule has 100 valence electrons. The summed E-state index contributed by atoms with van der Waals surface area (Å²) in [5.74, 6) is 0.451. The van der Waals surface area contributed by atoms with Crippen LogP contribution in [-0.4, -0.2) is 25.3 Å². The molecule has 0 bridgehead atoms. The highest BCUT2D eigenvalue weighted by atomic mass is 32.1. The third-order valence-corrected chi connectivity index (χ3v) is 4.02. The first-order valence-electron chi connectivity index (χ1n) is 5.62. The van der Waals surface area contributed by atoms with Crippen LogP contribution in [0, 0.1) is 6.92 Å². The number of thiophene rings is 1. The van der Waals surface area contributed by atoms with E-state index < -0.39 is 5.97 Å². The van der Waals surface area contributed by atoms with E-state index in [0.717, 1.165) is 16.0 Å². The van der Waals surface area contributed by atoms with Crippen LogP contribution in [0.2, 0.25) is 0 Å². The summed E-state index contributed by atoms with van der Waals surface area (Å²) in [6.07, 6.45) is 0. The third-order valence-electron chi connectivity index (χ3n) is 2.74. The molecule has 1 aromatic heterocycles. The SMILES string of the molecule is COc1cc(OC)cc(-c2sc(C(=O)O)cc2C)c1. The normalized spacial score (nSPS) is 10.3. The van der Waals surface area contributed by atoms with Gasteiger partial charge in [-0.2, -0.15) is 0 Å². The fourth-order valence-electron chi connectivity index (χ4n) is 1.81. The molecule has 1 aromatic carbocycles. The number of hydrogen-bond donors (Lipinski definition) is 1. The zero-order valence-electron chi connectivity index (χ0n) is 10.9. The standard InChI is InChI=1S/C14H14O4S/c1-8-4-12(14(15)16)19-13(8)9-5-10(17-2)7-11(6-9)18-3/h4-7H,1-3H3,(H,15,16). The summed E-state index contributed by atoms with van der Waals surface area (Å²) in [5.41, 5.74) is 1.82. The van der Waals surface area contributed by atoms with Crippen LogP contribution in [0.15, 0.2) is 24.3 Å². The predicted octanol–water partition coefficient (Wildman–Crippen LogP) is 3.44. The lowest BCUT2D eigenvalue weighted by atomic mass is 10.1. The van der Waals surface area contributed by atoms with Crippen molar-refractivity contribution >= 4 is 17.3 Å². The molecule has 0 unspecified atom stereocenters.